The number of benzene rings is 2. The van der Waals surface area contributed by atoms with Gasteiger partial charge in [-0.2, -0.15) is 10.4 Å². The van der Waals surface area contributed by atoms with Gasteiger partial charge in [-0.15, -0.1) is 0 Å². The Morgan fingerprint density at radius 2 is 1.76 bits per heavy atom. The Bertz CT molecular complexity index is 1320. The highest BCUT2D eigenvalue weighted by Crippen LogP contribution is 2.55. The van der Waals surface area contributed by atoms with Crippen molar-refractivity contribution >= 4 is 5.69 Å². The number of para-hydroxylation sites is 1. The van der Waals surface area contributed by atoms with Crippen LogP contribution in [0.4, 0.5) is 10.1 Å². The molecule has 1 aliphatic heterocycles. The molecule has 2 aromatic carbocycles. The van der Waals surface area contributed by atoms with Crippen molar-refractivity contribution in [3.8, 4) is 17.3 Å². The van der Waals surface area contributed by atoms with E-state index < -0.39 is 12.0 Å². The number of piperidine rings is 1. The number of aliphatic hydroxyl groups is 1. The molecular weight excluding hydrogens is 463 g/mol. The third-order valence-electron chi connectivity index (χ3n) is 9.53. The van der Waals surface area contributed by atoms with Gasteiger partial charge in [-0.1, -0.05) is 44.2 Å². The van der Waals surface area contributed by atoms with Crippen molar-refractivity contribution < 1.29 is 9.50 Å². The van der Waals surface area contributed by atoms with Gasteiger partial charge >= 0.3 is 0 Å². The summed E-state index contributed by atoms with van der Waals surface area (Å²) in [6.07, 6.45) is 3.65. The average Bonchev–Trinajstić information content (AvgIpc) is 3.32. The van der Waals surface area contributed by atoms with Gasteiger partial charge in [0, 0.05) is 41.0 Å². The van der Waals surface area contributed by atoms with Crippen LogP contribution in [0.3, 0.4) is 0 Å². The second kappa shape index (κ2) is 9.29. The fourth-order valence-electron chi connectivity index (χ4n) is 7.64. The Labute approximate surface area is 218 Å². The maximum absolute atomic E-state index is 15.1. The number of halogens is 1. The van der Waals surface area contributed by atoms with Crippen LogP contribution in [0.2, 0.25) is 0 Å². The maximum Gasteiger partial charge on any atom is 0.132 e. The largest absolute Gasteiger partial charge is 0.391 e. The molecule has 3 aliphatic rings. The predicted molar refractivity (Wildman–Crippen MR) is 143 cm³/mol. The lowest BCUT2D eigenvalue weighted by molar-refractivity contribution is -0.0361. The van der Waals surface area contributed by atoms with Gasteiger partial charge in [-0.05, 0) is 68.2 Å². The molecule has 0 radical (unpaired) electrons. The topological polar surface area (TPSA) is 65.1 Å². The summed E-state index contributed by atoms with van der Waals surface area (Å²) in [7, 11) is 0. The third-order valence-corrected chi connectivity index (χ3v) is 9.53. The lowest BCUT2D eigenvalue weighted by Crippen LogP contribution is -2.53. The van der Waals surface area contributed by atoms with Crippen LogP contribution in [0.15, 0.2) is 54.6 Å². The molecule has 2 fully saturated rings. The lowest BCUT2D eigenvalue weighted by atomic mass is 9.53. The fourth-order valence-corrected chi connectivity index (χ4v) is 7.64. The van der Waals surface area contributed by atoms with E-state index in [0.29, 0.717) is 12.0 Å². The molecule has 2 heterocycles. The SMILES string of the molecule is C[C@H]1C(O)C(C#N)C[C@@]2(C)c3c(c(-c4ccccc4F)nn3C3CCN(c4ccccc4)CC3)CC[C@H]12. The maximum atomic E-state index is 15.1. The zero-order chi connectivity index (χ0) is 25.7. The van der Waals surface area contributed by atoms with Crippen LogP contribution in [0.5, 0.6) is 0 Å². The molecule has 0 amide bonds. The van der Waals surface area contributed by atoms with Crippen LogP contribution >= 0.6 is 0 Å². The van der Waals surface area contributed by atoms with Crippen molar-refractivity contribution in [3.05, 3.63) is 71.7 Å². The monoisotopic (exact) mass is 498 g/mol. The van der Waals surface area contributed by atoms with Gasteiger partial charge in [0.15, 0.2) is 0 Å². The van der Waals surface area contributed by atoms with E-state index in [1.165, 1.54) is 17.4 Å². The van der Waals surface area contributed by atoms with Gasteiger partial charge < -0.3 is 10.0 Å². The first-order valence-electron chi connectivity index (χ1n) is 13.7. The number of fused-ring (bicyclic) bond motifs is 3. The number of hydrogen-bond donors (Lipinski definition) is 1. The summed E-state index contributed by atoms with van der Waals surface area (Å²) in [5.41, 5.74) is 4.58. The Hall–Kier alpha value is -3.17. The van der Waals surface area contributed by atoms with Crippen molar-refractivity contribution in [2.45, 2.75) is 63.5 Å². The molecule has 0 bridgehead atoms. The highest BCUT2D eigenvalue weighted by Gasteiger charge is 2.54. The fraction of sp³-hybridized carbons (Fsp3) is 0.484. The van der Waals surface area contributed by atoms with E-state index in [0.717, 1.165) is 50.0 Å². The molecule has 1 saturated carbocycles. The molecule has 2 unspecified atom stereocenters. The van der Waals surface area contributed by atoms with Crippen LogP contribution in [0.25, 0.3) is 11.3 Å². The minimum atomic E-state index is -0.610. The molecule has 5 atom stereocenters. The summed E-state index contributed by atoms with van der Waals surface area (Å²) >= 11 is 0. The molecule has 192 valence electrons. The van der Waals surface area contributed by atoms with Gasteiger partial charge in [0.05, 0.1) is 29.8 Å². The van der Waals surface area contributed by atoms with Crippen LogP contribution in [-0.4, -0.2) is 34.1 Å². The quantitative estimate of drug-likeness (QED) is 0.489. The number of nitriles is 1. The first-order chi connectivity index (χ1) is 17.9. The average molecular weight is 499 g/mol. The van der Waals surface area contributed by atoms with Gasteiger partial charge in [-0.3, -0.25) is 4.68 Å². The highest BCUT2D eigenvalue weighted by molar-refractivity contribution is 5.66. The molecule has 37 heavy (non-hydrogen) atoms. The molecule has 6 rings (SSSR count). The molecule has 1 aromatic heterocycles. The van der Waals surface area contributed by atoms with Crippen molar-refractivity contribution in [1.29, 1.82) is 5.26 Å². The Morgan fingerprint density at radius 1 is 1.05 bits per heavy atom. The summed E-state index contributed by atoms with van der Waals surface area (Å²) < 4.78 is 17.3. The van der Waals surface area contributed by atoms with E-state index in [1.807, 2.05) is 18.2 Å². The Morgan fingerprint density at radius 3 is 2.46 bits per heavy atom. The summed E-state index contributed by atoms with van der Waals surface area (Å²) in [6.45, 7) is 6.24. The van der Waals surface area contributed by atoms with Gasteiger partial charge in [0.1, 0.15) is 5.82 Å². The number of aromatic nitrogens is 2. The summed E-state index contributed by atoms with van der Waals surface area (Å²) in [4.78, 5) is 2.43. The summed E-state index contributed by atoms with van der Waals surface area (Å²) in [5, 5.41) is 26.0. The second-order valence-electron chi connectivity index (χ2n) is 11.5. The van der Waals surface area contributed by atoms with E-state index >= 15 is 4.39 Å². The van der Waals surface area contributed by atoms with E-state index in [9.17, 15) is 10.4 Å². The minimum Gasteiger partial charge on any atom is -0.391 e. The molecular formula is C31H35FN4O. The molecule has 1 N–H and O–H groups in total. The Kier molecular flexibility index (Phi) is 6.07. The van der Waals surface area contributed by atoms with Crippen LogP contribution in [-0.2, 0) is 11.8 Å². The van der Waals surface area contributed by atoms with Gasteiger partial charge in [-0.25, -0.2) is 4.39 Å². The molecule has 0 spiro atoms. The van der Waals surface area contributed by atoms with E-state index in [1.54, 1.807) is 6.07 Å². The standard InChI is InChI=1S/C31H35FN4O/c1-20-26-13-12-25-28(24-10-6-7-11-27(24)32)34-36(30(25)31(26,2)18-21(19-33)29(20)37)23-14-16-35(17-15-23)22-8-4-3-5-9-22/h3-11,20-21,23,26,29,37H,12-18H2,1-2H3/t20-,21?,26-,29?,31-/m1/s1. The normalized spacial score (nSPS) is 29.9. The zero-order valence-electron chi connectivity index (χ0n) is 21.6. The van der Waals surface area contributed by atoms with Gasteiger partial charge in [0.2, 0.25) is 0 Å². The van der Waals surface area contributed by atoms with Crippen LogP contribution in [0.1, 0.15) is 56.8 Å². The molecule has 2 aliphatic carbocycles. The first kappa shape index (κ1) is 24.2. The molecule has 3 aromatic rings. The molecule has 5 nitrogen and oxygen atoms in total. The van der Waals surface area contributed by atoms with Gasteiger partial charge in [0.25, 0.3) is 0 Å². The number of hydrogen-bond acceptors (Lipinski definition) is 4. The summed E-state index contributed by atoms with van der Waals surface area (Å²) in [6, 6.07) is 20.1. The van der Waals surface area contributed by atoms with Crippen molar-refractivity contribution in [2.24, 2.45) is 17.8 Å². The molecule has 6 heteroatoms. The Balaban J connectivity index is 1.44. The van der Waals surface area contributed by atoms with E-state index in [4.69, 9.17) is 5.10 Å². The number of anilines is 1. The van der Waals surface area contributed by atoms with E-state index in [-0.39, 0.29) is 29.1 Å². The van der Waals surface area contributed by atoms with E-state index in [2.05, 4.69) is 53.8 Å². The smallest absolute Gasteiger partial charge is 0.132 e. The number of aliphatic hydroxyl groups excluding tert-OH is 1. The van der Waals surface area contributed by atoms with Crippen LogP contribution < -0.4 is 4.90 Å². The van der Waals surface area contributed by atoms with Crippen molar-refractivity contribution in [2.75, 3.05) is 18.0 Å². The number of nitrogens with zero attached hydrogens (tertiary/aromatic N) is 4. The van der Waals surface area contributed by atoms with Crippen molar-refractivity contribution in [1.82, 2.24) is 9.78 Å². The first-order valence-corrected chi connectivity index (χ1v) is 13.7. The predicted octanol–water partition coefficient (Wildman–Crippen LogP) is 5.89. The van der Waals surface area contributed by atoms with Crippen LogP contribution in [0, 0.1) is 34.9 Å². The minimum absolute atomic E-state index is 0.0248. The lowest BCUT2D eigenvalue weighted by Gasteiger charge is -2.52. The second-order valence-corrected chi connectivity index (χ2v) is 11.5. The van der Waals surface area contributed by atoms with Crippen molar-refractivity contribution in [3.63, 3.8) is 0 Å². The highest BCUT2D eigenvalue weighted by atomic mass is 19.1. The summed E-state index contributed by atoms with van der Waals surface area (Å²) in [5.74, 6) is -0.379. The third kappa shape index (κ3) is 3.87. The molecule has 1 saturated heterocycles. The number of rotatable bonds is 3. The zero-order valence-corrected chi connectivity index (χ0v) is 21.6.